The van der Waals surface area contributed by atoms with Gasteiger partial charge in [-0.25, -0.2) is 0 Å². The number of benzene rings is 2. The van der Waals surface area contributed by atoms with Crippen molar-refractivity contribution in [3.8, 4) is 0 Å². The van der Waals surface area contributed by atoms with E-state index in [1.807, 2.05) is 0 Å². The molecule has 0 heterocycles. The van der Waals surface area contributed by atoms with Crippen LogP contribution in [0.15, 0.2) is 53.0 Å². The summed E-state index contributed by atoms with van der Waals surface area (Å²) in [6.45, 7) is 0.248. The van der Waals surface area contributed by atoms with Gasteiger partial charge in [0.15, 0.2) is 0 Å². The van der Waals surface area contributed by atoms with Crippen molar-refractivity contribution in [3.63, 3.8) is 0 Å². The Bertz CT molecular complexity index is 792. The van der Waals surface area contributed by atoms with Crippen LogP contribution in [0.2, 0.25) is 0 Å². The minimum Gasteiger partial charge on any atom is -0.481 e. The maximum atomic E-state index is 12.4. The van der Waals surface area contributed by atoms with Gasteiger partial charge in [0.05, 0.1) is 16.8 Å². The number of carbonyl (C=O) groups is 3. The Balaban J connectivity index is 2.07. The molecule has 0 aliphatic rings. The first-order valence-electron chi connectivity index (χ1n) is 7.64. The van der Waals surface area contributed by atoms with Crippen LogP contribution in [0.4, 0.5) is 5.69 Å². The summed E-state index contributed by atoms with van der Waals surface area (Å²) >= 11 is 3.32. The molecule has 0 radical (unpaired) electrons. The molecule has 0 atom stereocenters. The molecular formula is C18H17BrN2O4. The second-order valence-corrected chi connectivity index (χ2v) is 6.09. The normalized spacial score (nSPS) is 10.1. The molecule has 0 fully saturated rings. The quantitative estimate of drug-likeness (QED) is 0.616. The summed E-state index contributed by atoms with van der Waals surface area (Å²) in [5.41, 5.74) is 1.16. The van der Waals surface area contributed by atoms with Crippen molar-refractivity contribution in [1.82, 2.24) is 5.32 Å². The van der Waals surface area contributed by atoms with E-state index in [4.69, 9.17) is 5.11 Å². The Hall–Kier alpha value is -2.67. The maximum absolute atomic E-state index is 12.4. The van der Waals surface area contributed by atoms with Gasteiger partial charge in [-0.2, -0.15) is 0 Å². The number of nitrogens with one attached hydrogen (secondary N) is 2. The van der Waals surface area contributed by atoms with Crippen molar-refractivity contribution >= 4 is 39.4 Å². The van der Waals surface area contributed by atoms with Gasteiger partial charge in [0.25, 0.3) is 11.8 Å². The predicted octanol–water partition coefficient (Wildman–Crippen LogP) is 3.30. The first-order chi connectivity index (χ1) is 12.0. The Morgan fingerprint density at radius 1 is 0.920 bits per heavy atom. The highest BCUT2D eigenvalue weighted by Crippen LogP contribution is 2.20. The molecule has 130 valence electrons. The lowest BCUT2D eigenvalue weighted by atomic mass is 10.1. The van der Waals surface area contributed by atoms with Crippen molar-refractivity contribution < 1.29 is 19.5 Å². The van der Waals surface area contributed by atoms with Crippen LogP contribution in [-0.4, -0.2) is 29.4 Å². The molecule has 0 saturated heterocycles. The van der Waals surface area contributed by atoms with Gasteiger partial charge in [0, 0.05) is 17.4 Å². The average Bonchev–Trinajstić information content (AvgIpc) is 2.59. The zero-order chi connectivity index (χ0) is 18.2. The third-order valence-electron chi connectivity index (χ3n) is 3.39. The molecule has 0 spiro atoms. The number of halogens is 1. The molecule has 3 N–H and O–H groups in total. The summed E-state index contributed by atoms with van der Waals surface area (Å²) in [4.78, 5) is 35.2. The average molecular weight is 405 g/mol. The van der Waals surface area contributed by atoms with Gasteiger partial charge in [-0.1, -0.05) is 24.3 Å². The van der Waals surface area contributed by atoms with E-state index in [-0.39, 0.29) is 24.8 Å². The van der Waals surface area contributed by atoms with Gasteiger partial charge in [0.1, 0.15) is 0 Å². The van der Waals surface area contributed by atoms with Gasteiger partial charge < -0.3 is 15.7 Å². The molecule has 7 heteroatoms. The molecule has 0 aliphatic heterocycles. The number of anilines is 1. The third-order valence-corrected chi connectivity index (χ3v) is 4.08. The van der Waals surface area contributed by atoms with Crippen LogP contribution in [0.3, 0.4) is 0 Å². The summed E-state index contributed by atoms with van der Waals surface area (Å²) in [5, 5.41) is 14.0. The van der Waals surface area contributed by atoms with Crippen LogP contribution in [0, 0.1) is 0 Å². The molecule has 6 nitrogen and oxygen atoms in total. The molecule has 0 bridgehead atoms. The number of rotatable bonds is 7. The number of amides is 2. The molecule has 2 aromatic carbocycles. The van der Waals surface area contributed by atoms with E-state index in [9.17, 15) is 14.4 Å². The Labute approximate surface area is 153 Å². The second-order valence-electron chi connectivity index (χ2n) is 5.23. The van der Waals surface area contributed by atoms with Crippen LogP contribution in [0.5, 0.6) is 0 Å². The third kappa shape index (κ3) is 5.42. The Kier molecular flexibility index (Phi) is 6.71. The second kappa shape index (κ2) is 8.98. The lowest BCUT2D eigenvalue weighted by molar-refractivity contribution is -0.137. The van der Waals surface area contributed by atoms with Crippen molar-refractivity contribution in [1.29, 1.82) is 0 Å². The van der Waals surface area contributed by atoms with Gasteiger partial charge in [-0.15, -0.1) is 0 Å². The fraction of sp³-hybridized carbons (Fsp3) is 0.167. The number of aliphatic carboxylic acids is 1. The summed E-state index contributed by atoms with van der Waals surface area (Å²) in [6, 6.07) is 13.6. The minimum absolute atomic E-state index is 0.0132. The molecule has 0 saturated carbocycles. The van der Waals surface area contributed by atoms with Crippen molar-refractivity contribution in [3.05, 3.63) is 64.1 Å². The number of hydrogen-bond acceptors (Lipinski definition) is 3. The van der Waals surface area contributed by atoms with E-state index in [0.29, 0.717) is 27.7 Å². The van der Waals surface area contributed by atoms with E-state index in [1.165, 1.54) is 0 Å². The molecule has 25 heavy (non-hydrogen) atoms. The number of carbonyl (C=O) groups excluding carboxylic acids is 2. The number of carboxylic acids is 1. The minimum atomic E-state index is -0.907. The zero-order valence-corrected chi connectivity index (χ0v) is 14.9. The molecule has 2 rings (SSSR count). The number of para-hydroxylation sites is 1. The monoisotopic (exact) mass is 404 g/mol. The fourth-order valence-electron chi connectivity index (χ4n) is 2.16. The van der Waals surface area contributed by atoms with Gasteiger partial charge in [-0.05, 0) is 46.6 Å². The van der Waals surface area contributed by atoms with Crippen molar-refractivity contribution in [2.75, 3.05) is 11.9 Å². The van der Waals surface area contributed by atoms with Crippen LogP contribution < -0.4 is 10.6 Å². The Morgan fingerprint density at radius 3 is 2.24 bits per heavy atom. The maximum Gasteiger partial charge on any atom is 0.303 e. The highest BCUT2D eigenvalue weighted by molar-refractivity contribution is 9.10. The largest absolute Gasteiger partial charge is 0.481 e. The van der Waals surface area contributed by atoms with E-state index >= 15 is 0 Å². The SMILES string of the molecule is O=C(O)CCCNC(=O)c1ccccc1NC(=O)c1ccccc1Br. The number of hydrogen-bond donors (Lipinski definition) is 3. The standard InChI is InChI=1S/C18H17BrN2O4/c19-14-8-3-1-6-12(14)18(25)21-15-9-4-2-7-13(15)17(24)20-11-5-10-16(22)23/h1-4,6-9H,5,10-11H2,(H,20,24)(H,21,25)(H,22,23). The molecule has 0 aliphatic carbocycles. The first-order valence-corrected chi connectivity index (χ1v) is 8.43. The Morgan fingerprint density at radius 2 is 1.56 bits per heavy atom. The van der Waals surface area contributed by atoms with Gasteiger partial charge in [0.2, 0.25) is 0 Å². The van der Waals surface area contributed by atoms with E-state index < -0.39 is 5.97 Å². The first kappa shape index (κ1) is 18.7. The molecule has 0 aromatic heterocycles. The van der Waals surface area contributed by atoms with Crippen LogP contribution in [0.25, 0.3) is 0 Å². The smallest absolute Gasteiger partial charge is 0.303 e. The zero-order valence-electron chi connectivity index (χ0n) is 13.3. The fourth-order valence-corrected chi connectivity index (χ4v) is 2.63. The lowest BCUT2D eigenvalue weighted by Gasteiger charge is -2.12. The number of carboxylic acid groups (broad SMARTS) is 1. The summed E-state index contributed by atoms with van der Waals surface area (Å²) in [7, 11) is 0. The van der Waals surface area contributed by atoms with E-state index in [0.717, 1.165) is 0 Å². The van der Waals surface area contributed by atoms with Crippen LogP contribution >= 0.6 is 15.9 Å². The van der Waals surface area contributed by atoms with Crippen molar-refractivity contribution in [2.24, 2.45) is 0 Å². The van der Waals surface area contributed by atoms with Gasteiger partial charge in [-0.3, -0.25) is 14.4 Å². The molecular weight excluding hydrogens is 388 g/mol. The molecule has 2 aromatic rings. The highest BCUT2D eigenvalue weighted by atomic mass is 79.9. The van der Waals surface area contributed by atoms with E-state index in [1.54, 1.807) is 48.5 Å². The van der Waals surface area contributed by atoms with Crippen LogP contribution in [-0.2, 0) is 4.79 Å². The lowest BCUT2D eigenvalue weighted by Crippen LogP contribution is -2.26. The summed E-state index contributed by atoms with van der Waals surface area (Å²) < 4.78 is 0.656. The van der Waals surface area contributed by atoms with E-state index in [2.05, 4.69) is 26.6 Å². The molecule has 2 amide bonds. The summed E-state index contributed by atoms with van der Waals surface area (Å²) in [5.74, 6) is -1.61. The van der Waals surface area contributed by atoms with Gasteiger partial charge >= 0.3 is 5.97 Å². The van der Waals surface area contributed by atoms with Crippen molar-refractivity contribution in [2.45, 2.75) is 12.8 Å². The summed E-state index contributed by atoms with van der Waals surface area (Å²) in [6.07, 6.45) is 0.327. The topological polar surface area (TPSA) is 95.5 Å². The highest BCUT2D eigenvalue weighted by Gasteiger charge is 2.15. The van der Waals surface area contributed by atoms with Crippen LogP contribution in [0.1, 0.15) is 33.6 Å². The molecule has 0 unspecified atom stereocenters. The predicted molar refractivity (Wildman–Crippen MR) is 97.7 cm³/mol.